The van der Waals surface area contributed by atoms with Crippen molar-refractivity contribution >= 4 is 21.7 Å². The molecule has 0 bridgehead atoms. The predicted molar refractivity (Wildman–Crippen MR) is 99.8 cm³/mol. The molecule has 0 atom stereocenters. The third-order valence-corrected chi connectivity index (χ3v) is 6.74. The van der Waals surface area contributed by atoms with E-state index >= 15 is 0 Å². The Morgan fingerprint density at radius 1 is 1.23 bits per heavy atom. The van der Waals surface area contributed by atoms with Crippen LogP contribution in [0.2, 0.25) is 0 Å². The summed E-state index contributed by atoms with van der Waals surface area (Å²) >= 11 is 0. The Morgan fingerprint density at radius 2 is 1.92 bits per heavy atom. The molecule has 0 radical (unpaired) electrons. The Kier molecular flexibility index (Phi) is 5.15. The average molecular weight is 379 g/mol. The average Bonchev–Trinajstić information content (AvgIpc) is 2.95. The van der Waals surface area contributed by atoms with E-state index in [-0.39, 0.29) is 6.04 Å². The van der Waals surface area contributed by atoms with E-state index in [1.165, 1.54) is 6.33 Å². The fraction of sp³-hybridized carbons (Fsp3) is 0.562. The van der Waals surface area contributed by atoms with Crippen LogP contribution in [0.4, 0.5) is 11.6 Å². The molecule has 3 heterocycles. The number of aromatic nitrogens is 4. The maximum absolute atomic E-state index is 12.9. The first-order chi connectivity index (χ1) is 12.3. The highest BCUT2D eigenvalue weighted by molar-refractivity contribution is 7.89. The highest BCUT2D eigenvalue weighted by Gasteiger charge is 2.32. The zero-order chi connectivity index (χ0) is 18.9. The molecule has 0 unspecified atom stereocenters. The third kappa shape index (κ3) is 3.65. The van der Waals surface area contributed by atoms with Crippen LogP contribution in [0.5, 0.6) is 0 Å². The summed E-state index contributed by atoms with van der Waals surface area (Å²) in [6.07, 6.45) is 2.97. The molecule has 142 valence electrons. The predicted octanol–water partition coefficient (Wildman–Crippen LogP) is 1.15. The number of H-pyrrole nitrogens is 1. The van der Waals surface area contributed by atoms with Gasteiger partial charge in [0, 0.05) is 39.3 Å². The van der Waals surface area contributed by atoms with Crippen molar-refractivity contribution in [1.82, 2.24) is 24.5 Å². The second-order valence-electron chi connectivity index (χ2n) is 6.74. The van der Waals surface area contributed by atoms with Crippen LogP contribution in [0.15, 0.2) is 17.3 Å². The van der Waals surface area contributed by atoms with E-state index in [0.717, 1.165) is 24.5 Å². The molecule has 1 aliphatic rings. The lowest BCUT2D eigenvalue weighted by Crippen LogP contribution is -2.42. The van der Waals surface area contributed by atoms with Gasteiger partial charge in [0.15, 0.2) is 0 Å². The molecule has 2 aromatic heterocycles. The molecule has 1 saturated heterocycles. The van der Waals surface area contributed by atoms with E-state index in [1.54, 1.807) is 18.2 Å². The Balaban J connectivity index is 1.65. The first kappa shape index (κ1) is 18.6. The molecule has 0 aliphatic carbocycles. The van der Waals surface area contributed by atoms with Gasteiger partial charge in [0.25, 0.3) is 0 Å². The quantitative estimate of drug-likeness (QED) is 0.802. The number of nitrogens with one attached hydrogen (secondary N) is 2. The molecule has 0 spiro atoms. The van der Waals surface area contributed by atoms with Crippen LogP contribution >= 0.6 is 0 Å². The van der Waals surface area contributed by atoms with Gasteiger partial charge in [0.05, 0.1) is 11.4 Å². The molecule has 0 saturated carbocycles. The molecule has 26 heavy (non-hydrogen) atoms. The van der Waals surface area contributed by atoms with E-state index in [0.29, 0.717) is 29.4 Å². The van der Waals surface area contributed by atoms with E-state index < -0.39 is 10.0 Å². The van der Waals surface area contributed by atoms with Crippen molar-refractivity contribution in [2.24, 2.45) is 0 Å². The van der Waals surface area contributed by atoms with Crippen LogP contribution in [0.25, 0.3) is 0 Å². The van der Waals surface area contributed by atoms with Crippen molar-refractivity contribution in [2.45, 2.75) is 37.6 Å². The summed E-state index contributed by atoms with van der Waals surface area (Å²) in [4.78, 5) is 10.7. The number of aryl methyl sites for hydroxylation is 2. The molecular formula is C16H25N7O2S. The molecule has 3 rings (SSSR count). The van der Waals surface area contributed by atoms with Crippen LogP contribution in [0.3, 0.4) is 0 Å². The van der Waals surface area contributed by atoms with E-state index in [9.17, 15) is 8.42 Å². The van der Waals surface area contributed by atoms with Crippen molar-refractivity contribution < 1.29 is 8.42 Å². The number of hydrogen-bond donors (Lipinski definition) is 2. The maximum atomic E-state index is 12.9. The summed E-state index contributed by atoms with van der Waals surface area (Å²) in [5.74, 6) is 1.58. The van der Waals surface area contributed by atoms with Gasteiger partial charge in [0.2, 0.25) is 10.0 Å². The van der Waals surface area contributed by atoms with Gasteiger partial charge >= 0.3 is 0 Å². The zero-order valence-electron chi connectivity index (χ0n) is 15.5. The second kappa shape index (κ2) is 7.20. The monoisotopic (exact) mass is 379 g/mol. The molecule has 2 aromatic rings. The zero-order valence-corrected chi connectivity index (χ0v) is 16.3. The van der Waals surface area contributed by atoms with Gasteiger partial charge in [-0.05, 0) is 26.7 Å². The van der Waals surface area contributed by atoms with Crippen molar-refractivity contribution in [3.05, 3.63) is 23.8 Å². The second-order valence-corrected chi connectivity index (χ2v) is 8.62. The largest absolute Gasteiger partial charge is 0.367 e. The Hall–Kier alpha value is -2.20. The molecule has 1 fully saturated rings. The van der Waals surface area contributed by atoms with Crippen LogP contribution in [0, 0.1) is 13.8 Å². The third-order valence-electron chi connectivity index (χ3n) is 4.58. The molecule has 10 heteroatoms. The van der Waals surface area contributed by atoms with E-state index in [4.69, 9.17) is 0 Å². The summed E-state index contributed by atoms with van der Waals surface area (Å²) < 4.78 is 27.3. The Bertz CT molecular complexity index is 851. The number of nitrogens with zero attached hydrogens (tertiary/aromatic N) is 5. The van der Waals surface area contributed by atoms with Gasteiger partial charge in [-0.25, -0.2) is 18.4 Å². The standard InChI is InChI=1S/C16H25N7O2S/c1-11-16(12(2)21-20-11)26(24,25)23-7-5-13(6-8-23)19-14-9-15(22(3)4)18-10-17-14/h9-10,13H,5-8H2,1-4H3,(H,20,21)(H,17,18,19). The van der Waals surface area contributed by atoms with Crippen LogP contribution in [-0.2, 0) is 10.0 Å². The molecular weight excluding hydrogens is 354 g/mol. The SMILES string of the molecule is Cc1n[nH]c(C)c1S(=O)(=O)N1CCC(Nc2cc(N(C)C)ncn2)CC1. The van der Waals surface area contributed by atoms with Crippen molar-refractivity contribution in [3.63, 3.8) is 0 Å². The van der Waals surface area contributed by atoms with Crippen molar-refractivity contribution in [2.75, 3.05) is 37.4 Å². The number of hydrogen-bond acceptors (Lipinski definition) is 7. The van der Waals surface area contributed by atoms with Gasteiger partial charge < -0.3 is 10.2 Å². The van der Waals surface area contributed by atoms with Gasteiger partial charge in [0.1, 0.15) is 22.9 Å². The van der Waals surface area contributed by atoms with Crippen molar-refractivity contribution in [3.8, 4) is 0 Å². The van der Waals surface area contributed by atoms with Crippen molar-refractivity contribution in [1.29, 1.82) is 0 Å². The first-order valence-corrected chi connectivity index (χ1v) is 10.0. The molecule has 0 amide bonds. The first-order valence-electron chi connectivity index (χ1n) is 8.56. The van der Waals surface area contributed by atoms with Crippen LogP contribution in [0.1, 0.15) is 24.2 Å². The minimum Gasteiger partial charge on any atom is -0.367 e. The summed E-state index contributed by atoms with van der Waals surface area (Å²) in [6, 6.07) is 2.07. The Morgan fingerprint density at radius 3 is 2.50 bits per heavy atom. The summed E-state index contributed by atoms with van der Waals surface area (Å²) in [6.45, 7) is 4.38. The fourth-order valence-corrected chi connectivity index (χ4v) is 4.97. The number of sulfonamides is 1. The topological polar surface area (TPSA) is 107 Å². The molecule has 9 nitrogen and oxygen atoms in total. The minimum atomic E-state index is -3.51. The lowest BCUT2D eigenvalue weighted by Gasteiger charge is -2.32. The van der Waals surface area contributed by atoms with Gasteiger partial charge in [-0.2, -0.15) is 9.40 Å². The van der Waals surface area contributed by atoms with Gasteiger partial charge in [-0.15, -0.1) is 0 Å². The molecule has 0 aromatic carbocycles. The lowest BCUT2D eigenvalue weighted by atomic mass is 10.1. The minimum absolute atomic E-state index is 0.179. The smallest absolute Gasteiger partial charge is 0.246 e. The Labute approximate surface area is 153 Å². The highest BCUT2D eigenvalue weighted by Crippen LogP contribution is 2.25. The number of anilines is 2. The van der Waals surface area contributed by atoms with Crippen LogP contribution < -0.4 is 10.2 Å². The highest BCUT2D eigenvalue weighted by atomic mass is 32.2. The fourth-order valence-electron chi connectivity index (χ4n) is 3.17. The normalized spacial score (nSPS) is 16.6. The van der Waals surface area contributed by atoms with Gasteiger partial charge in [-0.1, -0.05) is 0 Å². The lowest BCUT2D eigenvalue weighted by molar-refractivity contribution is 0.329. The number of aromatic amines is 1. The number of piperidine rings is 1. The molecule has 1 aliphatic heterocycles. The summed E-state index contributed by atoms with van der Waals surface area (Å²) in [5, 5.41) is 10.1. The summed E-state index contributed by atoms with van der Waals surface area (Å²) in [7, 11) is 0.337. The van der Waals surface area contributed by atoms with E-state index in [2.05, 4.69) is 25.5 Å². The summed E-state index contributed by atoms with van der Waals surface area (Å²) in [5.41, 5.74) is 1.10. The number of rotatable bonds is 5. The van der Waals surface area contributed by atoms with Gasteiger partial charge in [-0.3, -0.25) is 5.10 Å². The molecule has 2 N–H and O–H groups in total. The van der Waals surface area contributed by atoms with E-state index in [1.807, 2.05) is 25.1 Å². The van der Waals surface area contributed by atoms with Crippen LogP contribution in [-0.4, -0.2) is 66.1 Å². The maximum Gasteiger partial charge on any atom is 0.246 e.